The van der Waals surface area contributed by atoms with Crippen molar-refractivity contribution < 1.29 is 9.53 Å². The van der Waals surface area contributed by atoms with Crippen LogP contribution in [0.25, 0.3) is 0 Å². The third-order valence-corrected chi connectivity index (χ3v) is 6.35. The summed E-state index contributed by atoms with van der Waals surface area (Å²) in [5.41, 5.74) is 1.43. The first kappa shape index (κ1) is 18.8. The summed E-state index contributed by atoms with van der Waals surface area (Å²) >= 11 is 6.13. The molecule has 5 nitrogen and oxygen atoms in total. The van der Waals surface area contributed by atoms with Gasteiger partial charge in [-0.15, -0.1) is 0 Å². The third kappa shape index (κ3) is 4.00. The van der Waals surface area contributed by atoms with Gasteiger partial charge in [-0.25, -0.2) is 14.8 Å². The molecule has 0 aromatic heterocycles. The number of urea groups is 1. The number of amides is 2. The molecule has 0 N–H and O–H groups in total. The van der Waals surface area contributed by atoms with E-state index >= 15 is 0 Å². The number of hydrogen-bond donors (Lipinski definition) is 0. The van der Waals surface area contributed by atoms with Crippen LogP contribution in [0, 0.1) is 0 Å². The van der Waals surface area contributed by atoms with Gasteiger partial charge in [0.05, 0.1) is 13.2 Å². The molecule has 0 atom stereocenters. The molecule has 146 valence electrons. The monoisotopic (exact) mass is 389 g/mol. The van der Waals surface area contributed by atoms with Crippen molar-refractivity contribution in [2.45, 2.75) is 37.5 Å². The molecule has 3 aliphatic rings. The molecule has 27 heavy (non-hydrogen) atoms. The summed E-state index contributed by atoms with van der Waals surface area (Å²) in [5, 5.41) is 4.80. The number of morpholine rings is 1. The van der Waals surface area contributed by atoms with Gasteiger partial charge in [-0.05, 0) is 30.5 Å². The predicted octanol–water partition coefficient (Wildman–Crippen LogP) is 4.04. The van der Waals surface area contributed by atoms with E-state index in [4.69, 9.17) is 16.3 Å². The highest BCUT2D eigenvalue weighted by Crippen LogP contribution is 2.41. The number of carbonyl (C=O) groups excluding carboxylic acids is 1. The van der Waals surface area contributed by atoms with E-state index in [1.807, 2.05) is 28.2 Å². The van der Waals surface area contributed by atoms with Crippen molar-refractivity contribution in [3.8, 4) is 0 Å². The van der Waals surface area contributed by atoms with Crippen molar-refractivity contribution in [3.05, 3.63) is 47.1 Å². The van der Waals surface area contributed by atoms with E-state index in [9.17, 15) is 4.79 Å². The lowest BCUT2D eigenvalue weighted by Crippen LogP contribution is -2.54. The molecule has 1 aromatic carbocycles. The maximum absolute atomic E-state index is 13.0. The Bertz CT molecular complexity index is 679. The van der Waals surface area contributed by atoms with Crippen molar-refractivity contribution in [2.75, 3.05) is 39.4 Å². The number of hydrogen-bond acceptors (Lipinski definition) is 3. The summed E-state index contributed by atoms with van der Waals surface area (Å²) < 4.78 is 5.39. The second-order valence-corrected chi connectivity index (χ2v) is 8.24. The molecule has 0 unspecified atom stereocenters. The standard InChI is InChI=1S/C21H28ClN3O2/c22-19-7-5-18(6-8-19)21(9-2-1-3-10-21)17-24-11-4-12-25(24)20(26)23-13-15-27-16-14-23/h4-8,12H,1-3,9-11,13-17H2. The van der Waals surface area contributed by atoms with Crippen LogP contribution in [-0.2, 0) is 10.2 Å². The first-order chi connectivity index (χ1) is 13.2. The molecule has 0 radical (unpaired) electrons. The molecule has 1 aliphatic carbocycles. The van der Waals surface area contributed by atoms with Crippen molar-refractivity contribution >= 4 is 17.6 Å². The summed E-state index contributed by atoms with van der Waals surface area (Å²) in [6.07, 6.45) is 10.1. The number of rotatable bonds is 3. The largest absolute Gasteiger partial charge is 0.378 e. The van der Waals surface area contributed by atoms with Gasteiger partial charge in [0.25, 0.3) is 0 Å². The molecule has 4 rings (SSSR count). The number of hydrazine groups is 1. The Morgan fingerprint density at radius 1 is 1.07 bits per heavy atom. The van der Waals surface area contributed by atoms with E-state index < -0.39 is 0 Å². The van der Waals surface area contributed by atoms with E-state index in [0.717, 1.165) is 31.0 Å². The quantitative estimate of drug-likeness (QED) is 0.782. The van der Waals surface area contributed by atoms with E-state index in [2.05, 4.69) is 23.2 Å². The lowest BCUT2D eigenvalue weighted by atomic mass is 9.69. The molecule has 2 fully saturated rings. The maximum atomic E-state index is 13.0. The van der Waals surface area contributed by atoms with E-state index in [0.29, 0.717) is 26.3 Å². The summed E-state index contributed by atoms with van der Waals surface area (Å²) in [4.78, 5) is 14.9. The van der Waals surface area contributed by atoms with Crippen LogP contribution in [0.1, 0.15) is 37.7 Å². The minimum Gasteiger partial charge on any atom is -0.378 e. The van der Waals surface area contributed by atoms with Gasteiger partial charge < -0.3 is 9.64 Å². The topological polar surface area (TPSA) is 36.0 Å². The molecule has 2 aliphatic heterocycles. The highest BCUT2D eigenvalue weighted by molar-refractivity contribution is 6.30. The molecule has 6 heteroatoms. The van der Waals surface area contributed by atoms with Gasteiger partial charge in [-0.3, -0.25) is 0 Å². The number of nitrogens with zero attached hydrogens (tertiary/aromatic N) is 3. The van der Waals surface area contributed by atoms with Gasteiger partial charge in [0.15, 0.2) is 0 Å². The molecule has 0 bridgehead atoms. The Hall–Kier alpha value is -1.56. The highest BCUT2D eigenvalue weighted by atomic mass is 35.5. The SMILES string of the molecule is O=C(N1CCOCC1)N1C=CCN1CC1(c2ccc(Cl)cc2)CCCCC1. The smallest absolute Gasteiger partial charge is 0.338 e. The minimum atomic E-state index is 0.0640. The van der Waals surface area contributed by atoms with Gasteiger partial charge in [-0.2, -0.15) is 0 Å². The third-order valence-electron chi connectivity index (χ3n) is 6.10. The van der Waals surface area contributed by atoms with Crippen LogP contribution in [0.15, 0.2) is 36.5 Å². The van der Waals surface area contributed by atoms with Crippen LogP contribution in [0.3, 0.4) is 0 Å². The first-order valence-electron chi connectivity index (χ1n) is 10.0. The first-order valence-corrected chi connectivity index (χ1v) is 10.4. The van der Waals surface area contributed by atoms with E-state index in [1.54, 1.807) is 0 Å². The summed E-state index contributed by atoms with van der Waals surface area (Å²) in [6, 6.07) is 8.39. The Kier molecular flexibility index (Phi) is 5.71. The van der Waals surface area contributed by atoms with Gasteiger partial charge in [-0.1, -0.05) is 49.1 Å². The lowest BCUT2D eigenvalue weighted by Gasteiger charge is -2.43. The molecule has 2 heterocycles. The van der Waals surface area contributed by atoms with E-state index in [1.165, 1.54) is 24.8 Å². The molecular weight excluding hydrogens is 362 g/mol. The number of halogens is 1. The fraction of sp³-hybridized carbons (Fsp3) is 0.571. The van der Waals surface area contributed by atoms with Crippen molar-refractivity contribution in [1.29, 1.82) is 0 Å². The fourth-order valence-electron chi connectivity index (χ4n) is 4.60. The normalized spacial score (nSPS) is 23.0. The van der Waals surface area contributed by atoms with Crippen molar-refractivity contribution in [3.63, 3.8) is 0 Å². The molecular formula is C21H28ClN3O2. The maximum Gasteiger partial charge on any atom is 0.338 e. The van der Waals surface area contributed by atoms with Crippen LogP contribution in [0.5, 0.6) is 0 Å². The zero-order chi connectivity index (χ0) is 18.7. The second-order valence-electron chi connectivity index (χ2n) is 7.81. The van der Waals surface area contributed by atoms with Gasteiger partial charge in [0, 0.05) is 42.8 Å². The van der Waals surface area contributed by atoms with Crippen LogP contribution >= 0.6 is 11.6 Å². The van der Waals surface area contributed by atoms with Crippen LogP contribution in [0.2, 0.25) is 5.02 Å². The van der Waals surface area contributed by atoms with Crippen molar-refractivity contribution in [1.82, 2.24) is 14.9 Å². The Morgan fingerprint density at radius 2 is 1.78 bits per heavy atom. The Morgan fingerprint density at radius 3 is 2.48 bits per heavy atom. The molecule has 1 saturated carbocycles. The summed E-state index contributed by atoms with van der Waals surface area (Å²) in [7, 11) is 0. The zero-order valence-electron chi connectivity index (χ0n) is 15.8. The number of carbonyl (C=O) groups is 1. The lowest BCUT2D eigenvalue weighted by molar-refractivity contribution is 0.00544. The fourth-order valence-corrected chi connectivity index (χ4v) is 4.72. The Labute approximate surface area is 166 Å². The van der Waals surface area contributed by atoms with Crippen LogP contribution < -0.4 is 0 Å². The summed E-state index contributed by atoms with van der Waals surface area (Å²) in [6.45, 7) is 4.22. The average Bonchev–Trinajstić information content (AvgIpc) is 3.17. The zero-order valence-corrected chi connectivity index (χ0v) is 16.5. The molecule has 0 spiro atoms. The summed E-state index contributed by atoms with van der Waals surface area (Å²) in [5.74, 6) is 0. The molecule has 2 amide bonds. The van der Waals surface area contributed by atoms with Gasteiger partial charge in [0.2, 0.25) is 0 Å². The van der Waals surface area contributed by atoms with Gasteiger partial charge in [0.1, 0.15) is 0 Å². The number of ether oxygens (including phenoxy) is 1. The van der Waals surface area contributed by atoms with E-state index in [-0.39, 0.29) is 11.4 Å². The van der Waals surface area contributed by atoms with Crippen LogP contribution in [0.4, 0.5) is 4.79 Å². The predicted molar refractivity (Wildman–Crippen MR) is 107 cm³/mol. The van der Waals surface area contributed by atoms with Crippen molar-refractivity contribution in [2.24, 2.45) is 0 Å². The highest BCUT2D eigenvalue weighted by Gasteiger charge is 2.39. The van der Waals surface area contributed by atoms with Crippen LogP contribution in [-0.4, -0.2) is 60.3 Å². The second kappa shape index (κ2) is 8.21. The average molecular weight is 390 g/mol. The molecule has 1 saturated heterocycles. The minimum absolute atomic E-state index is 0.0640. The molecule has 1 aromatic rings. The Balaban J connectivity index is 1.53. The number of benzene rings is 1. The van der Waals surface area contributed by atoms with Gasteiger partial charge >= 0.3 is 6.03 Å².